The third-order valence-electron chi connectivity index (χ3n) is 4.17. The smallest absolute Gasteiger partial charge is 0.373 e. The Balaban J connectivity index is 1.52. The van der Waals surface area contributed by atoms with Gasteiger partial charge in [-0.15, -0.1) is 0 Å². The summed E-state index contributed by atoms with van der Waals surface area (Å²) in [6.07, 6.45) is 0. The second kappa shape index (κ2) is 6.99. The number of rotatable bonds is 5. The molecule has 0 spiro atoms. The second-order valence-corrected chi connectivity index (χ2v) is 5.98. The molecular formula is C21H17NO5. The molecule has 2 aromatic carbocycles. The normalized spacial score (nSPS) is 10.9. The predicted octanol–water partition coefficient (Wildman–Crippen LogP) is 4.76. The summed E-state index contributed by atoms with van der Waals surface area (Å²) in [4.78, 5) is 16.1. The van der Waals surface area contributed by atoms with Gasteiger partial charge in [-0.2, -0.15) is 0 Å². The van der Waals surface area contributed by atoms with E-state index in [0.29, 0.717) is 23.0 Å². The first kappa shape index (κ1) is 16.9. The number of hydrogen-bond acceptors (Lipinski definition) is 6. The quantitative estimate of drug-likeness (QED) is 0.476. The van der Waals surface area contributed by atoms with Crippen LogP contribution in [0.2, 0.25) is 0 Å². The Kier molecular flexibility index (Phi) is 4.38. The summed E-state index contributed by atoms with van der Waals surface area (Å²) in [6, 6.07) is 16.7. The molecule has 4 rings (SSSR count). The van der Waals surface area contributed by atoms with Crippen LogP contribution in [-0.4, -0.2) is 18.1 Å². The molecule has 0 aliphatic rings. The number of benzene rings is 2. The van der Waals surface area contributed by atoms with Crippen LogP contribution in [0.25, 0.3) is 22.4 Å². The maximum Gasteiger partial charge on any atom is 0.373 e. The van der Waals surface area contributed by atoms with Crippen molar-refractivity contribution in [1.82, 2.24) is 4.98 Å². The Bertz CT molecular complexity index is 1090. The summed E-state index contributed by atoms with van der Waals surface area (Å²) in [5, 5.41) is 0.798. The maximum atomic E-state index is 11.6. The van der Waals surface area contributed by atoms with Crippen molar-refractivity contribution in [1.29, 1.82) is 0 Å². The van der Waals surface area contributed by atoms with E-state index in [2.05, 4.69) is 9.72 Å². The first-order valence-electron chi connectivity index (χ1n) is 8.40. The minimum absolute atomic E-state index is 0.157. The standard InChI is InChI=1S/C21H17NO5/c1-13-17(22-20(26-13)14-6-4-3-5-7-14)12-25-16-9-8-15-10-19(21(23)24-2)27-18(15)11-16/h3-11H,12H2,1-2H3. The van der Waals surface area contributed by atoms with Crippen LogP contribution in [0.15, 0.2) is 63.4 Å². The summed E-state index contributed by atoms with van der Waals surface area (Å²) < 4.78 is 21.7. The molecule has 0 N–H and O–H groups in total. The van der Waals surface area contributed by atoms with Gasteiger partial charge in [0, 0.05) is 17.0 Å². The highest BCUT2D eigenvalue weighted by atomic mass is 16.5. The van der Waals surface area contributed by atoms with Crippen LogP contribution in [0.1, 0.15) is 22.0 Å². The summed E-state index contributed by atoms with van der Waals surface area (Å²) in [6.45, 7) is 2.12. The lowest BCUT2D eigenvalue weighted by molar-refractivity contribution is 0.0567. The molecule has 0 aliphatic carbocycles. The SMILES string of the molecule is COC(=O)c1cc2ccc(OCc3nc(-c4ccccc4)oc3C)cc2o1. The van der Waals surface area contributed by atoms with E-state index in [1.54, 1.807) is 12.1 Å². The molecule has 0 saturated heterocycles. The van der Waals surface area contributed by atoms with Crippen LogP contribution in [0.3, 0.4) is 0 Å². The lowest BCUT2D eigenvalue weighted by atomic mass is 10.2. The molecule has 0 atom stereocenters. The zero-order valence-corrected chi connectivity index (χ0v) is 14.9. The van der Waals surface area contributed by atoms with Crippen LogP contribution in [0.5, 0.6) is 5.75 Å². The van der Waals surface area contributed by atoms with Gasteiger partial charge in [0.1, 0.15) is 29.4 Å². The number of methoxy groups -OCH3 is 1. The summed E-state index contributed by atoms with van der Waals surface area (Å²) >= 11 is 0. The zero-order valence-electron chi connectivity index (χ0n) is 14.9. The molecule has 6 heteroatoms. The number of ether oxygens (including phenoxy) is 2. The van der Waals surface area contributed by atoms with Gasteiger partial charge in [-0.3, -0.25) is 0 Å². The molecule has 6 nitrogen and oxygen atoms in total. The van der Waals surface area contributed by atoms with E-state index in [9.17, 15) is 4.79 Å². The fourth-order valence-electron chi connectivity index (χ4n) is 2.72. The van der Waals surface area contributed by atoms with Crippen molar-refractivity contribution >= 4 is 16.9 Å². The van der Waals surface area contributed by atoms with Gasteiger partial charge in [0.15, 0.2) is 0 Å². The molecule has 136 valence electrons. The lowest BCUT2D eigenvalue weighted by Crippen LogP contribution is -1.98. The van der Waals surface area contributed by atoms with Gasteiger partial charge in [0.2, 0.25) is 11.7 Å². The van der Waals surface area contributed by atoms with Crippen molar-refractivity contribution in [2.45, 2.75) is 13.5 Å². The van der Waals surface area contributed by atoms with Gasteiger partial charge >= 0.3 is 5.97 Å². The Morgan fingerprint density at radius 3 is 2.67 bits per heavy atom. The van der Waals surface area contributed by atoms with Crippen molar-refractivity contribution in [3.8, 4) is 17.2 Å². The van der Waals surface area contributed by atoms with E-state index in [1.807, 2.05) is 49.4 Å². The third kappa shape index (κ3) is 3.42. The number of esters is 1. The summed E-state index contributed by atoms with van der Waals surface area (Å²) in [5.41, 5.74) is 2.19. The number of nitrogens with zero attached hydrogens (tertiary/aromatic N) is 1. The van der Waals surface area contributed by atoms with Gasteiger partial charge in [-0.05, 0) is 37.3 Å². The van der Waals surface area contributed by atoms with Gasteiger partial charge in [0.25, 0.3) is 0 Å². The molecule has 2 heterocycles. The van der Waals surface area contributed by atoms with Crippen LogP contribution in [0, 0.1) is 6.92 Å². The average molecular weight is 363 g/mol. The molecule has 0 saturated carbocycles. The van der Waals surface area contributed by atoms with Crippen LogP contribution in [0.4, 0.5) is 0 Å². The van der Waals surface area contributed by atoms with Crippen molar-refractivity contribution in [2.24, 2.45) is 0 Å². The van der Waals surface area contributed by atoms with Crippen molar-refractivity contribution < 1.29 is 23.1 Å². The van der Waals surface area contributed by atoms with Gasteiger partial charge in [-0.1, -0.05) is 18.2 Å². The van der Waals surface area contributed by atoms with Crippen LogP contribution < -0.4 is 4.74 Å². The first-order valence-corrected chi connectivity index (χ1v) is 8.40. The summed E-state index contributed by atoms with van der Waals surface area (Å²) in [5.74, 6) is 1.53. The molecule has 0 radical (unpaired) electrons. The Labute approximate surface area is 155 Å². The number of carbonyl (C=O) groups is 1. The van der Waals surface area contributed by atoms with E-state index < -0.39 is 5.97 Å². The van der Waals surface area contributed by atoms with E-state index in [4.69, 9.17) is 13.6 Å². The number of furan rings is 1. The molecule has 27 heavy (non-hydrogen) atoms. The molecule has 0 bridgehead atoms. The Hall–Kier alpha value is -3.54. The molecule has 0 amide bonds. The fraction of sp³-hybridized carbons (Fsp3) is 0.143. The average Bonchev–Trinajstić information content (AvgIpc) is 3.29. The molecular weight excluding hydrogens is 346 g/mol. The largest absolute Gasteiger partial charge is 0.487 e. The molecule has 2 aromatic heterocycles. The van der Waals surface area contributed by atoms with Gasteiger partial charge in [0.05, 0.1) is 7.11 Å². The van der Waals surface area contributed by atoms with Gasteiger partial charge in [-0.25, -0.2) is 9.78 Å². The molecule has 4 aromatic rings. The minimum atomic E-state index is -0.514. The van der Waals surface area contributed by atoms with Gasteiger partial charge < -0.3 is 18.3 Å². The highest BCUT2D eigenvalue weighted by molar-refractivity contribution is 5.92. The van der Waals surface area contributed by atoms with Crippen molar-refractivity contribution in [3.05, 3.63) is 71.8 Å². The van der Waals surface area contributed by atoms with Crippen molar-refractivity contribution in [3.63, 3.8) is 0 Å². The Morgan fingerprint density at radius 2 is 1.89 bits per heavy atom. The maximum absolute atomic E-state index is 11.6. The zero-order chi connectivity index (χ0) is 18.8. The van der Waals surface area contributed by atoms with E-state index in [0.717, 1.165) is 16.6 Å². The number of aromatic nitrogens is 1. The predicted molar refractivity (Wildman–Crippen MR) is 98.6 cm³/mol. The van der Waals surface area contributed by atoms with Crippen molar-refractivity contribution in [2.75, 3.05) is 7.11 Å². The fourth-order valence-corrected chi connectivity index (χ4v) is 2.72. The number of carbonyl (C=O) groups excluding carboxylic acids is 1. The topological polar surface area (TPSA) is 74.7 Å². The third-order valence-corrected chi connectivity index (χ3v) is 4.17. The highest BCUT2D eigenvalue weighted by Crippen LogP contribution is 2.26. The van der Waals surface area contributed by atoms with Crippen LogP contribution in [-0.2, 0) is 11.3 Å². The van der Waals surface area contributed by atoms with E-state index >= 15 is 0 Å². The second-order valence-electron chi connectivity index (χ2n) is 5.98. The van der Waals surface area contributed by atoms with E-state index in [1.165, 1.54) is 7.11 Å². The number of aryl methyl sites for hydroxylation is 1. The Morgan fingerprint density at radius 1 is 1.07 bits per heavy atom. The summed E-state index contributed by atoms with van der Waals surface area (Å²) in [7, 11) is 1.31. The highest BCUT2D eigenvalue weighted by Gasteiger charge is 2.14. The number of fused-ring (bicyclic) bond motifs is 1. The molecule has 0 fully saturated rings. The molecule has 0 aliphatic heterocycles. The number of hydrogen-bond donors (Lipinski definition) is 0. The lowest BCUT2D eigenvalue weighted by Gasteiger charge is -2.04. The van der Waals surface area contributed by atoms with E-state index in [-0.39, 0.29) is 12.4 Å². The minimum Gasteiger partial charge on any atom is -0.487 e. The van der Waals surface area contributed by atoms with Crippen LogP contribution >= 0.6 is 0 Å². The molecule has 0 unspecified atom stereocenters. The first-order chi connectivity index (χ1) is 13.1. The number of oxazole rings is 1. The monoisotopic (exact) mass is 363 g/mol.